The van der Waals surface area contributed by atoms with E-state index in [2.05, 4.69) is 0 Å². The average molecular weight is 361 g/mol. The van der Waals surface area contributed by atoms with Crippen molar-refractivity contribution in [3.8, 4) is 0 Å². The molecule has 1 unspecified atom stereocenters. The molecule has 1 aliphatic heterocycles. The molecule has 0 aliphatic carbocycles. The fourth-order valence-electron chi connectivity index (χ4n) is 3.12. The first-order chi connectivity index (χ1) is 12.1. The second-order valence-corrected chi connectivity index (χ2v) is 7.06. The van der Waals surface area contributed by atoms with Crippen LogP contribution < -0.4 is 0 Å². The quantitative estimate of drug-likeness (QED) is 0.462. The lowest BCUT2D eigenvalue weighted by Crippen LogP contribution is -2.59. The number of carbonyl (C=O) groups is 4. The zero-order chi connectivity index (χ0) is 19.7. The van der Waals surface area contributed by atoms with E-state index < -0.39 is 41.2 Å². The predicted molar refractivity (Wildman–Crippen MR) is 92.3 cm³/mol. The Balaban J connectivity index is 2.67. The molecule has 0 N–H and O–H groups in total. The van der Waals surface area contributed by atoms with Crippen molar-refractivity contribution < 1.29 is 28.7 Å². The predicted octanol–water partition coefficient (Wildman–Crippen LogP) is 1.83. The zero-order valence-electron chi connectivity index (χ0n) is 15.6. The van der Waals surface area contributed by atoms with E-state index in [0.717, 1.165) is 12.0 Å². The monoisotopic (exact) mass is 361 g/mol. The molecule has 7 heteroatoms. The summed E-state index contributed by atoms with van der Waals surface area (Å²) in [6.45, 7) is 6.76. The van der Waals surface area contributed by atoms with Crippen LogP contribution in [0.25, 0.3) is 0 Å². The molecule has 7 nitrogen and oxygen atoms in total. The number of nitrogens with zero attached hydrogens (tertiary/aromatic N) is 1. The Morgan fingerprint density at radius 1 is 1.15 bits per heavy atom. The van der Waals surface area contributed by atoms with Crippen LogP contribution in [0.3, 0.4) is 0 Å². The molecule has 140 valence electrons. The van der Waals surface area contributed by atoms with Gasteiger partial charge in [0, 0.05) is 12.1 Å². The van der Waals surface area contributed by atoms with Gasteiger partial charge in [0.15, 0.2) is 5.41 Å². The highest BCUT2D eigenvalue weighted by molar-refractivity contribution is 6.22. The third kappa shape index (κ3) is 3.21. The van der Waals surface area contributed by atoms with E-state index in [-0.39, 0.29) is 17.7 Å². The topological polar surface area (TPSA) is 90.0 Å². The largest absolute Gasteiger partial charge is 0.468 e. The van der Waals surface area contributed by atoms with Crippen molar-refractivity contribution in [3.63, 3.8) is 0 Å². The molecule has 2 rings (SSSR count). The normalized spacial score (nSPS) is 19.8. The zero-order valence-corrected chi connectivity index (χ0v) is 15.6. The number of ether oxygens (including phenoxy) is 2. The molecule has 0 saturated heterocycles. The van der Waals surface area contributed by atoms with Gasteiger partial charge in [0.25, 0.3) is 11.8 Å². The Morgan fingerprint density at radius 2 is 1.77 bits per heavy atom. The van der Waals surface area contributed by atoms with E-state index in [1.54, 1.807) is 39.8 Å². The van der Waals surface area contributed by atoms with Crippen LogP contribution in [-0.2, 0) is 29.3 Å². The summed E-state index contributed by atoms with van der Waals surface area (Å²) in [5.74, 6) is -2.90. The van der Waals surface area contributed by atoms with Gasteiger partial charge in [-0.1, -0.05) is 18.2 Å². The Morgan fingerprint density at radius 3 is 2.31 bits per heavy atom. The van der Waals surface area contributed by atoms with Crippen molar-refractivity contribution in [1.29, 1.82) is 0 Å². The number of rotatable bonds is 4. The summed E-state index contributed by atoms with van der Waals surface area (Å²) in [6.07, 6.45) is -0.545. The number of amides is 2. The van der Waals surface area contributed by atoms with E-state index in [1.165, 1.54) is 12.1 Å². The second kappa shape index (κ2) is 6.90. The summed E-state index contributed by atoms with van der Waals surface area (Å²) in [4.78, 5) is 52.0. The highest BCUT2D eigenvalue weighted by atomic mass is 16.6. The maximum atomic E-state index is 13.1. The van der Waals surface area contributed by atoms with Crippen LogP contribution >= 0.6 is 0 Å². The van der Waals surface area contributed by atoms with Gasteiger partial charge in [0.05, 0.1) is 13.5 Å². The van der Waals surface area contributed by atoms with Crippen molar-refractivity contribution in [3.05, 3.63) is 35.4 Å². The number of esters is 2. The minimum Gasteiger partial charge on any atom is -0.468 e. The molecular weight excluding hydrogens is 338 g/mol. The first kappa shape index (κ1) is 19.6. The van der Waals surface area contributed by atoms with Gasteiger partial charge < -0.3 is 9.47 Å². The van der Waals surface area contributed by atoms with Crippen molar-refractivity contribution in [2.45, 2.75) is 45.1 Å². The minimum absolute atomic E-state index is 0.0685. The van der Waals surface area contributed by atoms with Crippen molar-refractivity contribution in [2.75, 3.05) is 13.7 Å². The number of likely N-dealkylation sites (N-methyl/N-ethyl adjacent to an activating group) is 1. The molecule has 26 heavy (non-hydrogen) atoms. The van der Waals surface area contributed by atoms with Gasteiger partial charge in [-0.05, 0) is 39.3 Å². The summed E-state index contributed by atoms with van der Waals surface area (Å²) in [7, 11) is 1.14. The van der Waals surface area contributed by atoms with Gasteiger partial charge in [-0.25, -0.2) is 0 Å². The summed E-state index contributed by atoms with van der Waals surface area (Å²) in [5, 5.41) is 0. The van der Waals surface area contributed by atoms with E-state index in [0.29, 0.717) is 0 Å². The second-order valence-electron chi connectivity index (χ2n) is 7.06. The first-order valence-electron chi connectivity index (χ1n) is 8.34. The molecule has 1 atom stereocenters. The lowest BCUT2D eigenvalue weighted by molar-refractivity contribution is -0.167. The molecule has 1 heterocycles. The molecule has 0 fully saturated rings. The Kier molecular flexibility index (Phi) is 5.21. The fourth-order valence-corrected chi connectivity index (χ4v) is 3.12. The summed E-state index contributed by atoms with van der Waals surface area (Å²) < 4.78 is 10.2. The number of hydrogen-bond acceptors (Lipinski definition) is 6. The minimum atomic E-state index is -1.95. The van der Waals surface area contributed by atoms with Crippen LogP contribution in [0.15, 0.2) is 24.3 Å². The molecule has 0 saturated carbocycles. The lowest BCUT2D eigenvalue weighted by atomic mass is 9.71. The Hall–Kier alpha value is -2.70. The maximum Gasteiger partial charge on any atom is 0.326 e. The van der Waals surface area contributed by atoms with Gasteiger partial charge in [0.2, 0.25) is 0 Å². The van der Waals surface area contributed by atoms with Gasteiger partial charge in [-0.3, -0.25) is 24.1 Å². The van der Waals surface area contributed by atoms with E-state index in [1.807, 2.05) is 0 Å². The van der Waals surface area contributed by atoms with Crippen LogP contribution in [0.2, 0.25) is 0 Å². The molecule has 0 spiro atoms. The molecule has 0 radical (unpaired) electrons. The van der Waals surface area contributed by atoms with Crippen molar-refractivity contribution in [2.24, 2.45) is 0 Å². The average Bonchev–Trinajstić information content (AvgIpc) is 2.57. The number of fused-ring (bicyclic) bond motifs is 1. The van der Waals surface area contributed by atoms with Crippen LogP contribution in [0.5, 0.6) is 0 Å². The van der Waals surface area contributed by atoms with Crippen LogP contribution in [0.1, 0.15) is 50.0 Å². The Bertz CT molecular complexity index is 764. The maximum absolute atomic E-state index is 13.1. The Labute approximate surface area is 152 Å². The highest BCUT2D eigenvalue weighted by Gasteiger charge is 2.58. The lowest BCUT2D eigenvalue weighted by Gasteiger charge is -2.39. The number of carbonyl (C=O) groups excluding carboxylic acids is 4. The molecule has 0 aromatic heterocycles. The van der Waals surface area contributed by atoms with Crippen LogP contribution in [0, 0.1) is 0 Å². The standard InChI is InChI=1S/C19H23NO6/c1-6-20-15(22)12-9-7-8-10-13(12)19(16(20)23,17(24)25-5)11-14(21)26-18(2,3)4/h7-10H,6,11H2,1-5H3. The summed E-state index contributed by atoms with van der Waals surface area (Å²) >= 11 is 0. The number of methoxy groups -OCH3 is 1. The molecular formula is C19H23NO6. The van der Waals surface area contributed by atoms with E-state index in [9.17, 15) is 19.2 Å². The van der Waals surface area contributed by atoms with E-state index in [4.69, 9.17) is 9.47 Å². The van der Waals surface area contributed by atoms with Gasteiger partial charge in [0.1, 0.15) is 5.60 Å². The van der Waals surface area contributed by atoms with Crippen LogP contribution in [-0.4, -0.2) is 47.9 Å². The summed E-state index contributed by atoms with van der Waals surface area (Å²) in [6, 6.07) is 6.27. The van der Waals surface area contributed by atoms with Gasteiger partial charge >= 0.3 is 11.9 Å². The molecule has 1 aliphatic rings. The highest BCUT2D eigenvalue weighted by Crippen LogP contribution is 2.39. The number of imide groups is 1. The van der Waals surface area contributed by atoms with Crippen molar-refractivity contribution in [1.82, 2.24) is 4.90 Å². The smallest absolute Gasteiger partial charge is 0.326 e. The number of hydrogen-bond donors (Lipinski definition) is 0. The SMILES string of the molecule is CCN1C(=O)c2ccccc2C(CC(=O)OC(C)(C)C)(C(=O)OC)C1=O. The van der Waals surface area contributed by atoms with Gasteiger partial charge in [-0.15, -0.1) is 0 Å². The third-order valence-corrected chi connectivity index (χ3v) is 4.15. The molecule has 0 bridgehead atoms. The first-order valence-corrected chi connectivity index (χ1v) is 8.34. The molecule has 2 amide bonds. The molecule has 1 aromatic carbocycles. The van der Waals surface area contributed by atoms with E-state index >= 15 is 0 Å². The third-order valence-electron chi connectivity index (χ3n) is 4.15. The fraction of sp³-hybridized carbons (Fsp3) is 0.474. The van der Waals surface area contributed by atoms with Gasteiger partial charge in [-0.2, -0.15) is 0 Å². The number of benzene rings is 1. The summed E-state index contributed by atoms with van der Waals surface area (Å²) in [5.41, 5.74) is -2.37. The van der Waals surface area contributed by atoms with Crippen molar-refractivity contribution >= 4 is 23.8 Å². The van der Waals surface area contributed by atoms with Crippen LogP contribution in [0.4, 0.5) is 0 Å². The molecule has 1 aromatic rings.